The Morgan fingerprint density at radius 3 is 2.69 bits per heavy atom. The first kappa shape index (κ1) is 18.9. The summed E-state index contributed by atoms with van der Waals surface area (Å²) in [5.41, 5.74) is 0. The van der Waals surface area contributed by atoms with Gasteiger partial charge in [0.1, 0.15) is 18.1 Å². The van der Waals surface area contributed by atoms with Gasteiger partial charge in [-0.2, -0.15) is 0 Å². The third kappa shape index (κ3) is 5.86. The quantitative estimate of drug-likeness (QED) is 0.662. The van der Waals surface area contributed by atoms with Crippen molar-refractivity contribution < 1.29 is 18.7 Å². The molecule has 0 aliphatic carbocycles. The average Bonchev–Trinajstić information content (AvgIpc) is 3.15. The Balaban J connectivity index is 1.37. The zero-order valence-corrected chi connectivity index (χ0v) is 16.2. The second-order valence-electron chi connectivity index (χ2n) is 6.07. The largest absolute Gasteiger partial charge is 0.486 e. The normalized spacial score (nSPS) is 15.0. The zero-order chi connectivity index (χ0) is 18.2. The third-order valence-corrected chi connectivity index (χ3v) is 4.65. The summed E-state index contributed by atoms with van der Waals surface area (Å²) in [6.45, 7) is 5.40. The summed E-state index contributed by atoms with van der Waals surface area (Å²) in [6, 6.07) is 11.0. The van der Waals surface area contributed by atoms with Crippen molar-refractivity contribution in [2.45, 2.75) is 13.0 Å². The van der Waals surface area contributed by atoms with Gasteiger partial charge in [0.05, 0.1) is 13.2 Å². The molecule has 6 nitrogen and oxygen atoms in total. The molecule has 1 fully saturated rings. The van der Waals surface area contributed by atoms with E-state index in [1.165, 1.54) is 0 Å². The molecule has 140 valence electrons. The lowest BCUT2D eigenvalue weighted by Gasteiger charge is -2.26. The topological polar surface area (TPSA) is 63.9 Å². The van der Waals surface area contributed by atoms with Crippen molar-refractivity contribution in [2.24, 2.45) is 0 Å². The molecule has 0 atom stereocenters. The van der Waals surface area contributed by atoms with E-state index in [2.05, 4.69) is 26.1 Å². The summed E-state index contributed by atoms with van der Waals surface area (Å²) in [6.07, 6.45) is 0.909. The van der Waals surface area contributed by atoms with E-state index in [4.69, 9.17) is 13.9 Å². The number of morpholine rings is 1. The minimum absolute atomic E-state index is 0.193. The Kier molecular flexibility index (Phi) is 7.11. The Hall–Kier alpha value is -1.83. The van der Waals surface area contributed by atoms with Crippen LogP contribution in [0.1, 0.15) is 22.7 Å². The van der Waals surface area contributed by atoms with E-state index in [-0.39, 0.29) is 12.5 Å². The predicted octanol–water partition coefficient (Wildman–Crippen LogP) is 3.07. The molecule has 0 saturated carbocycles. The molecule has 1 aromatic heterocycles. The van der Waals surface area contributed by atoms with Gasteiger partial charge in [0.15, 0.2) is 5.76 Å². The van der Waals surface area contributed by atoms with Crippen LogP contribution in [0.2, 0.25) is 0 Å². The van der Waals surface area contributed by atoms with Crippen LogP contribution in [0.4, 0.5) is 0 Å². The first-order valence-electron chi connectivity index (χ1n) is 8.76. The second kappa shape index (κ2) is 9.75. The molecule has 0 bridgehead atoms. The fourth-order valence-corrected chi connectivity index (χ4v) is 2.94. The first-order chi connectivity index (χ1) is 12.7. The standard InChI is InChI=1S/C19H23BrN2O4/c20-15-2-4-16(5-3-15)25-14-17-6-7-18(26-17)19(23)21-8-1-9-22-10-12-24-13-11-22/h2-7H,1,8-14H2,(H,21,23). The van der Waals surface area contributed by atoms with Crippen LogP contribution in [0.15, 0.2) is 45.3 Å². The fourth-order valence-electron chi connectivity index (χ4n) is 2.68. The molecule has 1 aliphatic rings. The Morgan fingerprint density at radius 1 is 1.15 bits per heavy atom. The molecule has 1 saturated heterocycles. The highest BCUT2D eigenvalue weighted by molar-refractivity contribution is 9.10. The van der Waals surface area contributed by atoms with E-state index in [9.17, 15) is 4.79 Å². The van der Waals surface area contributed by atoms with E-state index in [1.54, 1.807) is 12.1 Å². The second-order valence-corrected chi connectivity index (χ2v) is 6.99. The molecule has 2 aromatic rings. The maximum Gasteiger partial charge on any atom is 0.286 e. The number of hydrogen-bond donors (Lipinski definition) is 1. The van der Waals surface area contributed by atoms with E-state index >= 15 is 0 Å². The number of carbonyl (C=O) groups is 1. The fraction of sp³-hybridized carbons (Fsp3) is 0.421. The lowest BCUT2D eigenvalue weighted by atomic mass is 10.3. The SMILES string of the molecule is O=C(NCCCN1CCOCC1)c1ccc(COc2ccc(Br)cc2)o1. The number of carbonyl (C=O) groups excluding carboxylic acids is 1. The van der Waals surface area contributed by atoms with Crippen LogP contribution in [-0.2, 0) is 11.3 Å². The number of nitrogens with zero attached hydrogens (tertiary/aromatic N) is 1. The predicted molar refractivity (Wildman–Crippen MR) is 101 cm³/mol. The lowest BCUT2D eigenvalue weighted by molar-refractivity contribution is 0.0374. The average molecular weight is 423 g/mol. The van der Waals surface area contributed by atoms with Crippen LogP contribution in [0.3, 0.4) is 0 Å². The lowest BCUT2D eigenvalue weighted by Crippen LogP contribution is -2.38. The van der Waals surface area contributed by atoms with Crippen LogP contribution >= 0.6 is 15.9 Å². The van der Waals surface area contributed by atoms with Crippen molar-refractivity contribution >= 4 is 21.8 Å². The zero-order valence-electron chi connectivity index (χ0n) is 14.6. The van der Waals surface area contributed by atoms with E-state index < -0.39 is 0 Å². The maximum absolute atomic E-state index is 12.1. The van der Waals surface area contributed by atoms with E-state index in [0.29, 0.717) is 18.1 Å². The number of hydrogen-bond acceptors (Lipinski definition) is 5. The maximum atomic E-state index is 12.1. The smallest absolute Gasteiger partial charge is 0.286 e. The summed E-state index contributed by atoms with van der Waals surface area (Å²) in [4.78, 5) is 14.5. The number of halogens is 1. The van der Waals surface area contributed by atoms with Gasteiger partial charge in [0, 0.05) is 24.1 Å². The van der Waals surface area contributed by atoms with E-state index in [1.807, 2.05) is 24.3 Å². The van der Waals surface area contributed by atoms with Gasteiger partial charge in [-0.25, -0.2) is 0 Å². The molecular formula is C19H23BrN2O4. The van der Waals surface area contributed by atoms with Crippen LogP contribution in [-0.4, -0.2) is 50.2 Å². The van der Waals surface area contributed by atoms with Gasteiger partial charge < -0.3 is 19.2 Å². The minimum Gasteiger partial charge on any atom is -0.486 e. The number of nitrogens with one attached hydrogen (secondary N) is 1. The van der Waals surface area contributed by atoms with Crippen molar-refractivity contribution in [1.82, 2.24) is 10.2 Å². The molecule has 3 rings (SSSR count). The van der Waals surface area contributed by atoms with Gasteiger partial charge in [-0.05, 0) is 49.4 Å². The number of benzene rings is 1. The summed E-state index contributed by atoms with van der Waals surface area (Å²) in [7, 11) is 0. The molecule has 1 amide bonds. The molecule has 0 spiro atoms. The monoisotopic (exact) mass is 422 g/mol. The van der Waals surface area contributed by atoms with Crippen molar-refractivity contribution in [3.05, 3.63) is 52.4 Å². The van der Waals surface area contributed by atoms with Gasteiger partial charge in [-0.15, -0.1) is 0 Å². The van der Waals surface area contributed by atoms with Crippen LogP contribution in [0.5, 0.6) is 5.75 Å². The molecular weight excluding hydrogens is 400 g/mol. The van der Waals surface area contributed by atoms with Gasteiger partial charge in [0.25, 0.3) is 5.91 Å². The Labute approximate surface area is 161 Å². The van der Waals surface area contributed by atoms with Crippen molar-refractivity contribution in [1.29, 1.82) is 0 Å². The van der Waals surface area contributed by atoms with Crippen molar-refractivity contribution in [2.75, 3.05) is 39.4 Å². The molecule has 1 aromatic carbocycles. The van der Waals surface area contributed by atoms with E-state index in [0.717, 1.165) is 49.5 Å². The molecule has 2 heterocycles. The van der Waals surface area contributed by atoms with Gasteiger partial charge in [0.2, 0.25) is 0 Å². The first-order valence-corrected chi connectivity index (χ1v) is 9.55. The molecule has 1 N–H and O–H groups in total. The molecule has 7 heteroatoms. The number of furan rings is 1. The number of ether oxygens (including phenoxy) is 2. The summed E-state index contributed by atoms with van der Waals surface area (Å²) < 4.78 is 17.5. The van der Waals surface area contributed by atoms with Crippen LogP contribution in [0, 0.1) is 0 Å². The van der Waals surface area contributed by atoms with Crippen molar-refractivity contribution in [3.63, 3.8) is 0 Å². The van der Waals surface area contributed by atoms with Crippen LogP contribution < -0.4 is 10.1 Å². The molecule has 1 aliphatic heterocycles. The van der Waals surface area contributed by atoms with Crippen LogP contribution in [0.25, 0.3) is 0 Å². The van der Waals surface area contributed by atoms with Gasteiger partial charge >= 0.3 is 0 Å². The van der Waals surface area contributed by atoms with Gasteiger partial charge in [-0.1, -0.05) is 15.9 Å². The summed E-state index contributed by atoms with van der Waals surface area (Å²) in [5.74, 6) is 1.48. The summed E-state index contributed by atoms with van der Waals surface area (Å²) >= 11 is 3.38. The summed E-state index contributed by atoms with van der Waals surface area (Å²) in [5, 5.41) is 2.90. The highest BCUT2D eigenvalue weighted by Gasteiger charge is 2.12. The van der Waals surface area contributed by atoms with Crippen molar-refractivity contribution in [3.8, 4) is 5.75 Å². The Morgan fingerprint density at radius 2 is 1.92 bits per heavy atom. The molecule has 0 radical (unpaired) electrons. The third-order valence-electron chi connectivity index (χ3n) is 4.12. The Bertz CT molecular complexity index is 696. The highest BCUT2D eigenvalue weighted by Crippen LogP contribution is 2.18. The number of rotatable bonds is 8. The minimum atomic E-state index is -0.193. The molecule has 26 heavy (non-hydrogen) atoms. The highest BCUT2D eigenvalue weighted by atomic mass is 79.9. The molecule has 0 unspecified atom stereocenters. The van der Waals surface area contributed by atoms with Gasteiger partial charge in [-0.3, -0.25) is 9.69 Å². The number of amides is 1.